The number of carbonyl (C=O) groups excluding carboxylic acids is 1. The zero-order chi connectivity index (χ0) is 15.2. The fourth-order valence-corrected chi connectivity index (χ4v) is 3.21. The van der Waals surface area contributed by atoms with Crippen molar-refractivity contribution in [1.82, 2.24) is 4.98 Å². The number of hydrogen-bond donors (Lipinski definition) is 1. The molecule has 0 amide bonds. The van der Waals surface area contributed by atoms with Crippen LogP contribution in [0.4, 0.5) is 5.82 Å². The lowest BCUT2D eigenvalue weighted by Crippen LogP contribution is -2.36. The van der Waals surface area contributed by atoms with Crippen LogP contribution in [0.3, 0.4) is 0 Å². The van der Waals surface area contributed by atoms with Gasteiger partial charge in [0.15, 0.2) is 0 Å². The first-order valence-electron chi connectivity index (χ1n) is 8.02. The van der Waals surface area contributed by atoms with Gasteiger partial charge in [0, 0.05) is 12.2 Å². The largest absolute Gasteiger partial charge is 0.462 e. The van der Waals surface area contributed by atoms with Crippen LogP contribution in [0.25, 0.3) is 0 Å². The van der Waals surface area contributed by atoms with Crippen molar-refractivity contribution in [2.24, 2.45) is 11.8 Å². The average molecular weight is 290 g/mol. The summed E-state index contributed by atoms with van der Waals surface area (Å²) >= 11 is 0. The molecule has 2 rings (SSSR count). The lowest BCUT2D eigenvalue weighted by molar-refractivity contribution is 0.0527. The quantitative estimate of drug-likeness (QED) is 0.836. The van der Waals surface area contributed by atoms with E-state index in [0.717, 1.165) is 6.42 Å². The van der Waals surface area contributed by atoms with Crippen molar-refractivity contribution in [3.8, 4) is 0 Å². The van der Waals surface area contributed by atoms with E-state index in [9.17, 15) is 4.79 Å². The van der Waals surface area contributed by atoms with Crippen LogP contribution in [-0.2, 0) is 4.74 Å². The second kappa shape index (κ2) is 7.43. The third-order valence-electron chi connectivity index (χ3n) is 4.30. The Morgan fingerprint density at radius 2 is 2.19 bits per heavy atom. The van der Waals surface area contributed by atoms with Crippen molar-refractivity contribution in [3.05, 3.63) is 23.9 Å². The molecule has 21 heavy (non-hydrogen) atoms. The number of aromatic nitrogens is 1. The Kier molecular flexibility index (Phi) is 5.59. The van der Waals surface area contributed by atoms with Crippen LogP contribution in [0.5, 0.6) is 0 Å². The van der Waals surface area contributed by atoms with Crippen molar-refractivity contribution >= 4 is 11.8 Å². The number of nitrogens with one attached hydrogen (secondary N) is 1. The molecule has 1 fully saturated rings. The molecule has 1 aromatic rings. The summed E-state index contributed by atoms with van der Waals surface area (Å²) in [6.45, 7) is 6.74. The number of hydrogen-bond acceptors (Lipinski definition) is 4. The van der Waals surface area contributed by atoms with Crippen LogP contribution in [0.1, 0.15) is 56.8 Å². The molecule has 1 aromatic heterocycles. The van der Waals surface area contributed by atoms with Crippen molar-refractivity contribution in [2.75, 3.05) is 11.9 Å². The SMILES string of the molecule is CCOC(=O)c1cccnc1NC1CCCCC1C(C)C. The van der Waals surface area contributed by atoms with E-state index >= 15 is 0 Å². The van der Waals surface area contributed by atoms with E-state index < -0.39 is 0 Å². The average Bonchev–Trinajstić information content (AvgIpc) is 2.48. The number of nitrogens with zero attached hydrogens (tertiary/aromatic N) is 1. The van der Waals surface area contributed by atoms with Gasteiger partial charge < -0.3 is 10.1 Å². The Bertz CT molecular complexity index is 474. The molecule has 2 atom stereocenters. The van der Waals surface area contributed by atoms with Crippen molar-refractivity contribution in [3.63, 3.8) is 0 Å². The minimum absolute atomic E-state index is 0.301. The summed E-state index contributed by atoms with van der Waals surface area (Å²) < 4.78 is 5.11. The highest BCUT2D eigenvalue weighted by atomic mass is 16.5. The van der Waals surface area contributed by atoms with E-state index in [0.29, 0.717) is 35.9 Å². The second-order valence-corrected chi connectivity index (χ2v) is 6.06. The predicted molar refractivity (Wildman–Crippen MR) is 84.4 cm³/mol. The topological polar surface area (TPSA) is 51.2 Å². The Balaban J connectivity index is 2.16. The van der Waals surface area contributed by atoms with Gasteiger partial charge in [-0.05, 0) is 43.7 Å². The number of anilines is 1. The van der Waals surface area contributed by atoms with Crippen molar-refractivity contribution < 1.29 is 9.53 Å². The number of carbonyl (C=O) groups is 1. The lowest BCUT2D eigenvalue weighted by atomic mass is 9.78. The van der Waals surface area contributed by atoms with Gasteiger partial charge in [0.25, 0.3) is 0 Å². The molecule has 1 aliphatic carbocycles. The number of pyridine rings is 1. The Hall–Kier alpha value is -1.58. The first-order valence-corrected chi connectivity index (χ1v) is 8.02. The summed E-state index contributed by atoms with van der Waals surface area (Å²) in [6, 6.07) is 3.94. The predicted octanol–water partition coefficient (Wildman–Crippen LogP) is 3.89. The smallest absolute Gasteiger partial charge is 0.341 e. The van der Waals surface area contributed by atoms with Gasteiger partial charge in [-0.1, -0.05) is 26.7 Å². The van der Waals surface area contributed by atoms with Crippen LogP contribution in [0, 0.1) is 11.8 Å². The van der Waals surface area contributed by atoms with E-state index in [1.54, 1.807) is 18.3 Å². The number of esters is 1. The van der Waals surface area contributed by atoms with Crippen LogP contribution in [0.15, 0.2) is 18.3 Å². The number of rotatable bonds is 5. The molecule has 0 aliphatic heterocycles. The maximum Gasteiger partial charge on any atom is 0.341 e. The van der Waals surface area contributed by atoms with Gasteiger partial charge in [-0.25, -0.2) is 9.78 Å². The fourth-order valence-electron chi connectivity index (χ4n) is 3.21. The molecule has 0 spiro atoms. The molecule has 4 nitrogen and oxygen atoms in total. The third kappa shape index (κ3) is 3.96. The zero-order valence-corrected chi connectivity index (χ0v) is 13.3. The summed E-state index contributed by atoms with van der Waals surface area (Å²) in [5.74, 6) is 1.63. The summed E-state index contributed by atoms with van der Waals surface area (Å²) in [5.41, 5.74) is 0.535. The maximum atomic E-state index is 12.0. The third-order valence-corrected chi connectivity index (χ3v) is 4.30. The molecule has 1 saturated carbocycles. The standard InChI is InChI=1S/C17H26N2O2/c1-4-21-17(20)14-9-7-11-18-16(14)19-15-10-6-5-8-13(15)12(2)3/h7,9,11-13,15H,4-6,8,10H2,1-3H3,(H,18,19). The molecule has 116 valence electrons. The van der Waals surface area contributed by atoms with Crippen molar-refractivity contribution in [1.29, 1.82) is 0 Å². The molecule has 0 radical (unpaired) electrons. The Morgan fingerprint density at radius 3 is 2.90 bits per heavy atom. The fraction of sp³-hybridized carbons (Fsp3) is 0.647. The molecule has 0 saturated heterocycles. The molecule has 1 N–H and O–H groups in total. The van der Waals surface area contributed by atoms with Crippen LogP contribution >= 0.6 is 0 Å². The van der Waals surface area contributed by atoms with Gasteiger partial charge in [-0.15, -0.1) is 0 Å². The molecule has 0 bridgehead atoms. The Morgan fingerprint density at radius 1 is 1.43 bits per heavy atom. The molecule has 0 aromatic carbocycles. The van der Waals surface area contributed by atoms with Gasteiger partial charge in [0.05, 0.1) is 6.61 Å². The van der Waals surface area contributed by atoms with E-state index in [1.807, 2.05) is 6.92 Å². The minimum atomic E-state index is -0.301. The van der Waals surface area contributed by atoms with Crippen LogP contribution < -0.4 is 5.32 Å². The summed E-state index contributed by atoms with van der Waals surface area (Å²) in [7, 11) is 0. The molecular formula is C17H26N2O2. The van der Waals surface area contributed by atoms with E-state index in [-0.39, 0.29) is 5.97 Å². The van der Waals surface area contributed by atoms with E-state index in [4.69, 9.17) is 4.74 Å². The van der Waals surface area contributed by atoms with Crippen LogP contribution in [0.2, 0.25) is 0 Å². The highest BCUT2D eigenvalue weighted by Gasteiger charge is 2.28. The highest BCUT2D eigenvalue weighted by molar-refractivity contribution is 5.94. The summed E-state index contributed by atoms with van der Waals surface area (Å²) in [5, 5.41) is 3.51. The second-order valence-electron chi connectivity index (χ2n) is 6.06. The van der Waals surface area contributed by atoms with Gasteiger partial charge in [0.2, 0.25) is 0 Å². The van der Waals surface area contributed by atoms with Gasteiger partial charge in [0.1, 0.15) is 11.4 Å². The maximum absolute atomic E-state index is 12.0. The number of ether oxygens (including phenoxy) is 1. The monoisotopic (exact) mass is 290 g/mol. The van der Waals surface area contributed by atoms with E-state index in [2.05, 4.69) is 24.1 Å². The zero-order valence-electron chi connectivity index (χ0n) is 13.3. The first-order chi connectivity index (χ1) is 10.1. The molecule has 4 heteroatoms. The van der Waals surface area contributed by atoms with Gasteiger partial charge >= 0.3 is 5.97 Å². The van der Waals surface area contributed by atoms with Crippen LogP contribution in [-0.4, -0.2) is 23.6 Å². The van der Waals surface area contributed by atoms with Gasteiger partial charge in [-0.3, -0.25) is 0 Å². The minimum Gasteiger partial charge on any atom is -0.462 e. The highest BCUT2D eigenvalue weighted by Crippen LogP contribution is 2.32. The molecular weight excluding hydrogens is 264 g/mol. The lowest BCUT2D eigenvalue weighted by Gasteiger charge is -2.35. The van der Waals surface area contributed by atoms with Gasteiger partial charge in [-0.2, -0.15) is 0 Å². The molecule has 2 unspecified atom stereocenters. The van der Waals surface area contributed by atoms with E-state index in [1.165, 1.54) is 19.3 Å². The van der Waals surface area contributed by atoms with Crippen molar-refractivity contribution in [2.45, 2.75) is 52.5 Å². The Labute approximate surface area is 127 Å². The molecule has 1 aliphatic rings. The molecule has 1 heterocycles. The summed E-state index contributed by atoms with van der Waals surface area (Å²) in [6.07, 6.45) is 6.65. The first kappa shape index (κ1) is 15.8. The normalized spacial score (nSPS) is 22.1. The summed E-state index contributed by atoms with van der Waals surface area (Å²) in [4.78, 5) is 16.4.